The minimum Gasteiger partial charge on any atom is -0.285 e. The average Bonchev–Trinajstić information content (AvgIpc) is 2.47. The van der Waals surface area contributed by atoms with E-state index < -0.39 is 0 Å². The summed E-state index contributed by atoms with van der Waals surface area (Å²) in [7, 11) is 0. The summed E-state index contributed by atoms with van der Waals surface area (Å²) in [6.07, 6.45) is 4.82. The molecule has 0 unspecified atom stereocenters. The van der Waals surface area contributed by atoms with Crippen LogP contribution >= 0.6 is 0 Å². The monoisotopic (exact) mass is 235 g/mol. The molecule has 2 aromatic heterocycles. The topological polar surface area (TPSA) is 55.7 Å². The van der Waals surface area contributed by atoms with Gasteiger partial charge in [0.05, 0.1) is 5.52 Å². The summed E-state index contributed by atoms with van der Waals surface area (Å²) in [4.78, 5) is 24.5. The van der Waals surface area contributed by atoms with E-state index in [1.54, 1.807) is 30.7 Å². The van der Waals surface area contributed by atoms with Crippen LogP contribution in [0.4, 0.5) is 0 Å². The Morgan fingerprint density at radius 1 is 0.833 bits per heavy atom. The van der Waals surface area contributed by atoms with Crippen molar-refractivity contribution in [1.29, 1.82) is 0 Å². The molecular weight excluding hydrogens is 226 g/mol. The molecular formula is C14H9N3O. The predicted molar refractivity (Wildman–Crippen MR) is 67.2 cm³/mol. The van der Waals surface area contributed by atoms with E-state index in [0.29, 0.717) is 5.56 Å². The molecule has 0 spiro atoms. The third kappa shape index (κ3) is 1.73. The van der Waals surface area contributed by atoms with E-state index in [-0.39, 0.29) is 11.6 Å². The molecule has 4 heteroatoms. The third-order valence-electron chi connectivity index (χ3n) is 2.66. The molecule has 0 aliphatic heterocycles. The Morgan fingerprint density at radius 2 is 1.61 bits per heavy atom. The van der Waals surface area contributed by atoms with Crippen molar-refractivity contribution >= 4 is 16.7 Å². The second kappa shape index (κ2) is 4.33. The maximum Gasteiger partial charge on any atom is 0.230 e. The van der Waals surface area contributed by atoms with Crippen LogP contribution in [0.2, 0.25) is 0 Å². The van der Waals surface area contributed by atoms with E-state index in [1.165, 1.54) is 0 Å². The molecule has 86 valence electrons. The summed E-state index contributed by atoms with van der Waals surface area (Å²) >= 11 is 0. The second-order valence-corrected chi connectivity index (χ2v) is 3.78. The number of hydrogen-bond acceptors (Lipinski definition) is 4. The number of fused-ring (bicyclic) bond motifs is 1. The number of carbonyl (C=O) groups excluding carboxylic acids is 1. The van der Waals surface area contributed by atoms with Crippen molar-refractivity contribution < 1.29 is 4.79 Å². The van der Waals surface area contributed by atoms with Crippen molar-refractivity contribution in [3.8, 4) is 0 Å². The van der Waals surface area contributed by atoms with Gasteiger partial charge in [-0.05, 0) is 18.2 Å². The lowest BCUT2D eigenvalue weighted by Gasteiger charge is -2.03. The van der Waals surface area contributed by atoms with E-state index in [2.05, 4.69) is 15.0 Å². The molecule has 0 bridgehead atoms. The predicted octanol–water partition coefficient (Wildman–Crippen LogP) is 2.26. The number of pyridine rings is 1. The lowest BCUT2D eigenvalue weighted by molar-refractivity contribution is 0.103. The molecule has 0 aliphatic rings. The van der Waals surface area contributed by atoms with Gasteiger partial charge in [-0.1, -0.05) is 18.2 Å². The molecule has 0 aliphatic carbocycles. The van der Waals surface area contributed by atoms with Crippen LogP contribution in [0.5, 0.6) is 0 Å². The van der Waals surface area contributed by atoms with Gasteiger partial charge in [0.1, 0.15) is 0 Å². The standard InChI is InChI=1S/C14H9N3O/c18-13(14-16-8-3-9-17-14)11-4-1-6-12-10(11)5-2-7-15-12/h1-9H. The van der Waals surface area contributed by atoms with Crippen LogP contribution in [-0.2, 0) is 0 Å². The Balaban J connectivity index is 2.18. The zero-order chi connectivity index (χ0) is 12.4. The fraction of sp³-hybridized carbons (Fsp3) is 0. The first kappa shape index (κ1) is 10.5. The Morgan fingerprint density at radius 3 is 2.44 bits per heavy atom. The lowest BCUT2D eigenvalue weighted by Crippen LogP contribution is -2.07. The van der Waals surface area contributed by atoms with Crippen LogP contribution in [-0.4, -0.2) is 20.7 Å². The van der Waals surface area contributed by atoms with Gasteiger partial charge >= 0.3 is 0 Å². The largest absolute Gasteiger partial charge is 0.285 e. The van der Waals surface area contributed by atoms with Crippen molar-refractivity contribution in [3.05, 3.63) is 66.4 Å². The quantitative estimate of drug-likeness (QED) is 0.639. The van der Waals surface area contributed by atoms with Crippen molar-refractivity contribution in [2.45, 2.75) is 0 Å². The molecule has 18 heavy (non-hydrogen) atoms. The van der Waals surface area contributed by atoms with Crippen LogP contribution in [0.25, 0.3) is 10.9 Å². The first-order valence-electron chi connectivity index (χ1n) is 5.52. The molecule has 0 atom stereocenters. The Bertz CT molecular complexity index is 705. The number of hydrogen-bond donors (Lipinski definition) is 0. The number of aromatic nitrogens is 3. The van der Waals surface area contributed by atoms with Crippen molar-refractivity contribution in [1.82, 2.24) is 15.0 Å². The fourth-order valence-corrected chi connectivity index (χ4v) is 1.84. The van der Waals surface area contributed by atoms with Gasteiger partial charge < -0.3 is 0 Å². The van der Waals surface area contributed by atoms with Crippen molar-refractivity contribution in [2.24, 2.45) is 0 Å². The van der Waals surface area contributed by atoms with Gasteiger partial charge in [-0.3, -0.25) is 9.78 Å². The SMILES string of the molecule is O=C(c1ncccn1)c1cccc2ncccc12. The van der Waals surface area contributed by atoms with E-state index >= 15 is 0 Å². The molecule has 0 radical (unpaired) electrons. The van der Waals surface area contributed by atoms with Crippen molar-refractivity contribution in [2.75, 3.05) is 0 Å². The van der Waals surface area contributed by atoms with Gasteiger partial charge in [-0.2, -0.15) is 0 Å². The summed E-state index contributed by atoms with van der Waals surface area (Å²) in [5.41, 5.74) is 1.37. The van der Waals surface area contributed by atoms with Crippen LogP contribution in [0.1, 0.15) is 16.2 Å². The Labute approximate surface area is 103 Å². The lowest BCUT2D eigenvalue weighted by atomic mass is 10.0. The first-order chi connectivity index (χ1) is 8.86. The molecule has 0 N–H and O–H groups in total. The zero-order valence-corrected chi connectivity index (χ0v) is 9.45. The number of benzene rings is 1. The van der Waals surface area contributed by atoms with Crippen LogP contribution in [0.3, 0.4) is 0 Å². The molecule has 3 rings (SSSR count). The van der Waals surface area contributed by atoms with E-state index in [0.717, 1.165) is 10.9 Å². The number of rotatable bonds is 2. The highest BCUT2D eigenvalue weighted by Gasteiger charge is 2.14. The minimum absolute atomic E-state index is 0.186. The highest BCUT2D eigenvalue weighted by molar-refractivity contribution is 6.14. The van der Waals surface area contributed by atoms with E-state index in [9.17, 15) is 4.79 Å². The molecule has 0 saturated carbocycles. The Hall–Kier alpha value is -2.62. The molecule has 4 nitrogen and oxygen atoms in total. The first-order valence-corrected chi connectivity index (χ1v) is 5.52. The van der Waals surface area contributed by atoms with Crippen LogP contribution in [0.15, 0.2) is 55.0 Å². The maximum absolute atomic E-state index is 12.3. The van der Waals surface area contributed by atoms with E-state index in [4.69, 9.17) is 0 Å². The number of carbonyl (C=O) groups is 1. The average molecular weight is 235 g/mol. The van der Waals surface area contributed by atoms with Gasteiger partial charge in [0.2, 0.25) is 11.6 Å². The van der Waals surface area contributed by atoms with Crippen molar-refractivity contribution in [3.63, 3.8) is 0 Å². The molecule has 1 aromatic carbocycles. The van der Waals surface area contributed by atoms with Gasteiger partial charge in [-0.25, -0.2) is 9.97 Å². The highest BCUT2D eigenvalue weighted by Crippen LogP contribution is 2.18. The number of ketones is 1. The highest BCUT2D eigenvalue weighted by atomic mass is 16.1. The fourth-order valence-electron chi connectivity index (χ4n) is 1.84. The maximum atomic E-state index is 12.3. The summed E-state index contributed by atoms with van der Waals surface area (Å²) < 4.78 is 0. The number of nitrogens with zero attached hydrogens (tertiary/aromatic N) is 3. The van der Waals surface area contributed by atoms with Gasteiger partial charge in [0.15, 0.2) is 0 Å². The Kier molecular flexibility index (Phi) is 2.53. The summed E-state index contributed by atoms with van der Waals surface area (Å²) in [6, 6.07) is 10.8. The molecule has 3 aromatic rings. The van der Waals surface area contributed by atoms with Gasteiger partial charge in [0, 0.05) is 29.5 Å². The molecule has 2 heterocycles. The second-order valence-electron chi connectivity index (χ2n) is 3.78. The molecule has 0 amide bonds. The van der Waals surface area contributed by atoms with Crippen LogP contribution in [0, 0.1) is 0 Å². The molecule has 0 saturated heterocycles. The van der Waals surface area contributed by atoms with Crippen LogP contribution < -0.4 is 0 Å². The summed E-state index contributed by atoms with van der Waals surface area (Å²) in [5, 5.41) is 0.817. The van der Waals surface area contributed by atoms with Gasteiger partial charge in [0.25, 0.3) is 0 Å². The minimum atomic E-state index is -0.186. The normalized spacial score (nSPS) is 10.4. The molecule has 0 fully saturated rings. The van der Waals surface area contributed by atoms with E-state index in [1.807, 2.05) is 24.3 Å². The third-order valence-corrected chi connectivity index (χ3v) is 2.66. The zero-order valence-electron chi connectivity index (χ0n) is 9.45. The summed E-state index contributed by atoms with van der Waals surface area (Å²) in [6.45, 7) is 0. The smallest absolute Gasteiger partial charge is 0.230 e. The van der Waals surface area contributed by atoms with Gasteiger partial charge in [-0.15, -0.1) is 0 Å². The summed E-state index contributed by atoms with van der Waals surface area (Å²) in [5.74, 6) is 0.0167.